The number of carbonyl (C=O) groups excluding carboxylic acids is 3. The first-order valence-electron chi connectivity index (χ1n) is 10.6. The molecule has 8 heteroatoms. The van der Waals surface area contributed by atoms with E-state index in [9.17, 15) is 14.4 Å². The molecule has 0 aromatic heterocycles. The lowest BCUT2D eigenvalue weighted by atomic mass is 9.92. The molecule has 0 saturated heterocycles. The van der Waals surface area contributed by atoms with Crippen molar-refractivity contribution in [1.82, 2.24) is 5.01 Å². The number of amides is 3. The Morgan fingerprint density at radius 3 is 2.12 bits per heavy atom. The fraction of sp³-hybridized carbons (Fsp3) is 0.160. The number of halogens is 1. The Morgan fingerprint density at radius 2 is 1.52 bits per heavy atom. The van der Waals surface area contributed by atoms with Crippen LogP contribution in [0.2, 0.25) is 5.02 Å². The molecule has 33 heavy (non-hydrogen) atoms. The normalized spacial score (nSPS) is 19.4. The Kier molecular flexibility index (Phi) is 4.25. The zero-order valence-electron chi connectivity index (χ0n) is 17.6. The van der Waals surface area contributed by atoms with Crippen molar-refractivity contribution in [1.29, 1.82) is 0 Å². The van der Waals surface area contributed by atoms with Crippen LogP contribution >= 0.6 is 11.6 Å². The molecule has 0 spiro atoms. The molecule has 0 N–H and O–H groups in total. The maximum Gasteiger partial charge on any atom is 0.282 e. The molecule has 3 aromatic carbocycles. The van der Waals surface area contributed by atoms with Crippen LogP contribution in [0.3, 0.4) is 0 Å². The summed E-state index contributed by atoms with van der Waals surface area (Å²) in [7, 11) is 0. The van der Waals surface area contributed by atoms with Gasteiger partial charge in [-0.15, -0.1) is 0 Å². The number of hydrogen-bond donors (Lipinski definition) is 0. The number of hydrogen-bond acceptors (Lipinski definition) is 5. The van der Waals surface area contributed by atoms with Gasteiger partial charge in [-0.3, -0.25) is 14.4 Å². The third-order valence-corrected chi connectivity index (χ3v) is 6.68. The number of imide groups is 1. The van der Waals surface area contributed by atoms with Crippen LogP contribution < -0.4 is 5.01 Å². The first kappa shape index (κ1) is 19.8. The Labute approximate surface area is 193 Å². The second-order valence-electron chi connectivity index (χ2n) is 8.33. The van der Waals surface area contributed by atoms with E-state index in [1.54, 1.807) is 43.3 Å². The Morgan fingerprint density at radius 1 is 0.909 bits per heavy atom. The van der Waals surface area contributed by atoms with E-state index >= 15 is 0 Å². The molecular formula is C25H17ClN4O3. The largest absolute Gasteiger partial charge is 0.282 e. The van der Waals surface area contributed by atoms with Crippen LogP contribution in [0, 0.1) is 5.92 Å². The van der Waals surface area contributed by atoms with Crippen LogP contribution in [0.25, 0.3) is 10.8 Å². The van der Waals surface area contributed by atoms with Gasteiger partial charge in [0.15, 0.2) is 0 Å². The van der Waals surface area contributed by atoms with Crippen LogP contribution in [0.15, 0.2) is 58.7 Å². The summed E-state index contributed by atoms with van der Waals surface area (Å²) >= 11 is 5.93. The lowest BCUT2D eigenvalue weighted by Crippen LogP contribution is -2.37. The molecule has 0 fully saturated rings. The van der Waals surface area contributed by atoms with E-state index in [0.29, 0.717) is 32.9 Å². The van der Waals surface area contributed by atoms with Crippen molar-refractivity contribution in [2.45, 2.75) is 19.8 Å². The highest BCUT2D eigenvalue weighted by atomic mass is 35.5. The first-order valence-corrected chi connectivity index (χ1v) is 11.0. The standard InChI is InChI=1S/C25H17ClN4O3/c1-13-20(25(33)29(28-13)17-8-6-16(26)7-9-17)12-27-30-23(31)18-10-4-14-2-3-15-5-11-19(24(30)32)22(18)21(14)15/h4-12,20H,2-3H2,1H3/b27-12+. The molecule has 0 bridgehead atoms. The quantitative estimate of drug-likeness (QED) is 0.437. The van der Waals surface area contributed by atoms with Gasteiger partial charge in [-0.25, -0.2) is 0 Å². The van der Waals surface area contributed by atoms with E-state index in [-0.39, 0.29) is 5.91 Å². The molecule has 3 aromatic rings. The number of rotatable bonds is 3. The molecule has 1 atom stereocenters. The summed E-state index contributed by atoms with van der Waals surface area (Å²) in [6.07, 6.45) is 3.13. The highest BCUT2D eigenvalue weighted by Gasteiger charge is 2.37. The minimum Gasteiger partial charge on any atom is -0.271 e. The number of aryl methyl sites for hydroxylation is 2. The van der Waals surface area contributed by atoms with Crippen LogP contribution in [-0.4, -0.2) is 34.7 Å². The van der Waals surface area contributed by atoms with Crippen molar-refractivity contribution in [2.75, 3.05) is 5.01 Å². The lowest BCUT2D eigenvalue weighted by molar-refractivity contribution is -0.118. The van der Waals surface area contributed by atoms with Gasteiger partial charge in [-0.1, -0.05) is 23.7 Å². The Bertz CT molecular complexity index is 1400. The van der Waals surface area contributed by atoms with Crippen LogP contribution in [0.5, 0.6) is 0 Å². The average Bonchev–Trinajstić information content (AvgIpc) is 3.36. The van der Waals surface area contributed by atoms with Crippen LogP contribution in [0.4, 0.5) is 5.69 Å². The van der Waals surface area contributed by atoms with E-state index in [1.807, 2.05) is 12.1 Å². The lowest BCUT2D eigenvalue weighted by Gasteiger charge is -2.24. The molecular weight excluding hydrogens is 440 g/mol. The van der Waals surface area contributed by atoms with E-state index in [1.165, 1.54) is 11.2 Å². The predicted octanol–water partition coefficient (Wildman–Crippen LogP) is 4.21. The van der Waals surface area contributed by atoms with Gasteiger partial charge >= 0.3 is 0 Å². The van der Waals surface area contributed by atoms with Gasteiger partial charge in [0.25, 0.3) is 17.7 Å². The van der Waals surface area contributed by atoms with E-state index in [4.69, 9.17) is 11.6 Å². The van der Waals surface area contributed by atoms with Crippen LogP contribution in [-0.2, 0) is 17.6 Å². The zero-order chi connectivity index (χ0) is 22.9. The summed E-state index contributed by atoms with van der Waals surface area (Å²) in [5.41, 5.74) is 4.31. The van der Waals surface area contributed by atoms with Crippen molar-refractivity contribution in [2.24, 2.45) is 16.1 Å². The molecule has 0 radical (unpaired) electrons. The molecule has 2 heterocycles. The molecule has 162 valence electrons. The highest BCUT2D eigenvalue weighted by molar-refractivity contribution is 6.31. The summed E-state index contributed by atoms with van der Waals surface area (Å²) < 4.78 is 0. The fourth-order valence-corrected chi connectivity index (χ4v) is 4.89. The number of hydrazone groups is 2. The van der Waals surface area contributed by atoms with Gasteiger partial charge in [-0.05, 0) is 72.7 Å². The van der Waals surface area contributed by atoms with Crippen molar-refractivity contribution >= 4 is 57.7 Å². The molecule has 3 amide bonds. The summed E-state index contributed by atoms with van der Waals surface area (Å²) in [4.78, 5) is 39.4. The van der Waals surface area contributed by atoms with Crippen molar-refractivity contribution in [3.63, 3.8) is 0 Å². The Balaban J connectivity index is 1.33. The number of carbonyl (C=O) groups is 3. The first-order chi connectivity index (χ1) is 15.9. The number of nitrogens with zero attached hydrogens (tertiary/aromatic N) is 4. The van der Waals surface area contributed by atoms with Gasteiger partial charge < -0.3 is 0 Å². The molecule has 7 nitrogen and oxygen atoms in total. The molecule has 2 aliphatic heterocycles. The fourth-order valence-electron chi connectivity index (χ4n) is 4.76. The van der Waals surface area contributed by atoms with Crippen molar-refractivity contribution in [3.8, 4) is 0 Å². The topological polar surface area (TPSA) is 82.4 Å². The van der Waals surface area contributed by atoms with Crippen molar-refractivity contribution in [3.05, 3.63) is 75.8 Å². The third kappa shape index (κ3) is 2.85. The summed E-state index contributed by atoms with van der Waals surface area (Å²) in [6.45, 7) is 1.71. The average molecular weight is 457 g/mol. The summed E-state index contributed by atoms with van der Waals surface area (Å²) in [5.74, 6) is -2.09. The second-order valence-corrected chi connectivity index (χ2v) is 8.76. The summed E-state index contributed by atoms with van der Waals surface area (Å²) in [5, 5.41) is 12.9. The van der Waals surface area contributed by atoms with Crippen LogP contribution in [0.1, 0.15) is 38.8 Å². The molecule has 3 aliphatic rings. The van der Waals surface area contributed by atoms with Gasteiger partial charge in [0, 0.05) is 16.6 Å². The Hall–Kier alpha value is -3.84. The van der Waals surface area contributed by atoms with Gasteiger partial charge in [0.2, 0.25) is 0 Å². The van der Waals surface area contributed by atoms with Gasteiger partial charge in [0.1, 0.15) is 5.92 Å². The second kappa shape index (κ2) is 7.08. The minimum absolute atomic E-state index is 0.321. The smallest absolute Gasteiger partial charge is 0.271 e. The van der Waals surface area contributed by atoms with Gasteiger partial charge in [0.05, 0.1) is 22.5 Å². The maximum atomic E-state index is 13.2. The molecule has 1 unspecified atom stereocenters. The number of benzene rings is 3. The molecule has 6 rings (SSSR count). The monoisotopic (exact) mass is 456 g/mol. The zero-order valence-corrected chi connectivity index (χ0v) is 18.3. The SMILES string of the molecule is CC1=NN(c2ccc(Cl)cc2)C(=O)C1/C=N/N1C(=O)c2ccc3c4c(ccc(c24)C1=O)CC3. The van der Waals surface area contributed by atoms with Gasteiger partial charge in [-0.2, -0.15) is 20.2 Å². The van der Waals surface area contributed by atoms with E-state index in [0.717, 1.165) is 34.4 Å². The minimum atomic E-state index is -0.783. The number of anilines is 1. The third-order valence-electron chi connectivity index (χ3n) is 6.43. The maximum absolute atomic E-state index is 13.2. The summed E-state index contributed by atoms with van der Waals surface area (Å²) in [6, 6.07) is 14.2. The van der Waals surface area contributed by atoms with E-state index in [2.05, 4.69) is 10.2 Å². The van der Waals surface area contributed by atoms with E-state index < -0.39 is 17.7 Å². The molecule has 1 aliphatic carbocycles. The molecule has 0 saturated carbocycles. The van der Waals surface area contributed by atoms with Crippen molar-refractivity contribution < 1.29 is 14.4 Å². The highest BCUT2D eigenvalue weighted by Crippen LogP contribution is 2.38. The predicted molar refractivity (Wildman–Crippen MR) is 126 cm³/mol.